The second-order valence-corrected chi connectivity index (χ2v) is 6.36. The number of amides is 1. The van der Waals surface area contributed by atoms with Crippen LogP contribution in [0.1, 0.15) is 25.3 Å². The molecular formula is C17H22N2O2. The third-order valence-electron chi connectivity index (χ3n) is 4.53. The molecule has 1 aliphatic rings. The molecule has 1 aliphatic carbocycles. The van der Waals surface area contributed by atoms with E-state index in [-0.39, 0.29) is 19.1 Å². The first-order valence-electron chi connectivity index (χ1n) is 7.50. The SMILES string of the molecule is Cc1cn(CC(=O)NC(C)(CO)C2CC2)c2ccccc12. The predicted octanol–water partition coefficient (Wildman–Crippen LogP) is 2.23. The van der Waals surface area contributed by atoms with Crippen LogP contribution in [0.25, 0.3) is 10.9 Å². The van der Waals surface area contributed by atoms with Crippen LogP contribution in [-0.2, 0) is 11.3 Å². The molecule has 2 N–H and O–H groups in total. The minimum atomic E-state index is -0.477. The molecule has 3 rings (SSSR count). The van der Waals surface area contributed by atoms with Gasteiger partial charge < -0.3 is 15.0 Å². The molecule has 1 unspecified atom stereocenters. The molecule has 1 aromatic heterocycles. The highest BCUT2D eigenvalue weighted by atomic mass is 16.3. The molecule has 2 aromatic rings. The number of para-hydroxylation sites is 1. The molecule has 1 heterocycles. The van der Waals surface area contributed by atoms with E-state index in [0.717, 1.165) is 18.4 Å². The fraction of sp³-hybridized carbons (Fsp3) is 0.471. The van der Waals surface area contributed by atoms with Crippen LogP contribution in [-0.4, -0.2) is 27.7 Å². The van der Waals surface area contributed by atoms with Gasteiger partial charge in [0.05, 0.1) is 12.1 Å². The Labute approximate surface area is 124 Å². The van der Waals surface area contributed by atoms with Crippen molar-refractivity contribution in [2.24, 2.45) is 5.92 Å². The number of aliphatic hydroxyl groups excluding tert-OH is 1. The normalized spacial score (nSPS) is 17.7. The van der Waals surface area contributed by atoms with Crippen LogP contribution < -0.4 is 5.32 Å². The summed E-state index contributed by atoms with van der Waals surface area (Å²) in [6.45, 7) is 4.27. The first-order chi connectivity index (χ1) is 10.0. The van der Waals surface area contributed by atoms with Gasteiger partial charge in [-0.2, -0.15) is 0 Å². The van der Waals surface area contributed by atoms with E-state index in [1.165, 1.54) is 10.9 Å². The van der Waals surface area contributed by atoms with Gasteiger partial charge in [0, 0.05) is 17.1 Å². The minimum Gasteiger partial charge on any atom is -0.394 e. The smallest absolute Gasteiger partial charge is 0.240 e. The molecule has 0 spiro atoms. The predicted molar refractivity (Wildman–Crippen MR) is 83.0 cm³/mol. The number of fused-ring (bicyclic) bond motifs is 1. The average Bonchev–Trinajstić information content (AvgIpc) is 3.27. The molecule has 1 saturated carbocycles. The summed E-state index contributed by atoms with van der Waals surface area (Å²) >= 11 is 0. The number of benzene rings is 1. The average molecular weight is 286 g/mol. The van der Waals surface area contributed by atoms with E-state index in [0.29, 0.717) is 5.92 Å². The maximum atomic E-state index is 12.3. The summed E-state index contributed by atoms with van der Waals surface area (Å²) in [4.78, 5) is 12.3. The number of carbonyl (C=O) groups excluding carboxylic acids is 1. The Hall–Kier alpha value is -1.81. The number of aryl methyl sites for hydroxylation is 1. The minimum absolute atomic E-state index is 0.00510. The lowest BCUT2D eigenvalue weighted by Crippen LogP contribution is -2.51. The zero-order valence-corrected chi connectivity index (χ0v) is 12.6. The van der Waals surface area contributed by atoms with E-state index in [1.807, 2.05) is 35.9 Å². The number of hydrogen-bond acceptors (Lipinski definition) is 2. The highest BCUT2D eigenvalue weighted by molar-refractivity contribution is 5.86. The Bertz CT molecular complexity index is 672. The van der Waals surface area contributed by atoms with Gasteiger partial charge in [-0.25, -0.2) is 0 Å². The second-order valence-electron chi connectivity index (χ2n) is 6.36. The van der Waals surface area contributed by atoms with Gasteiger partial charge in [0.1, 0.15) is 6.54 Å². The lowest BCUT2D eigenvalue weighted by Gasteiger charge is -2.28. The van der Waals surface area contributed by atoms with Gasteiger partial charge in [0.2, 0.25) is 5.91 Å². The third-order valence-corrected chi connectivity index (χ3v) is 4.53. The van der Waals surface area contributed by atoms with Gasteiger partial charge >= 0.3 is 0 Å². The summed E-state index contributed by atoms with van der Waals surface area (Å²) in [5.74, 6) is 0.369. The van der Waals surface area contributed by atoms with Gasteiger partial charge in [-0.05, 0) is 44.2 Å². The first kappa shape index (κ1) is 14.1. The molecule has 0 bridgehead atoms. The Morgan fingerprint density at radius 1 is 1.43 bits per heavy atom. The zero-order chi connectivity index (χ0) is 15.0. The first-order valence-corrected chi connectivity index (χ1v) is 7.50. The molecule has 1 aromatic carbocycles. The van der Waals surface area contributed by atoms with Crippen LogP contribution in [0.2, 0.25) is 0 Å². The van der Waals surface area contributed by atoms with Gasteiger partial charge in [0.25, 0.3) is 0 Å². The molecule has 1 amide bonds. The Kier molecular flexibility index (Phi) is 3.49. The molecule has 4 heteroatoms. The van der Waals surface area contributed by atoms with Crippen molar-refractivity contribution < 1.29 is 9.90 Å². The van der Waals surface area contributed by atoms with E-state index in [4.69, 9.17) is 0 Å². The fourth-order valence-electron chi connectivity index (χ4n) is 3.07. The van der Waals surface area contributed by atoms with Crippen molar-refractivity contribution in [1.82, 2.24) is 9.88 Å². The molecule has 112 valence electrons. The van der Waals surface area contributed by atoms with Crippen molar-refractivity contribution in [2.75, 3.05) is 6.61 Å². The van der Waals surface area contributed by atoms with Crippen molar-refractivity contribution in [1.29, 1.82) is 0 Å². The van der Waals surface area contributed by atoms with Gasteiger partial charge in [-0.1, -0.05) is 18.2 Å². The number of nitrogens with zero attached hydrogens (tertiary/aromatic N) is 1. The number of nitrogens with one attached hydrogen (secondary N) is 1. The lowest BCUT2D eigenvalue weighted by atomic mass is 9.97. The van der Waals surface area contributed by atoms with E-state index < -0.39 is 5.54 Å². The van der Waals surface area contributed by atoms with Gasteiger partial charge in [-0.15, -0.1) is 0 Å². The van der Waals surface area contributed by atoms with Crippen LogP contribution in [0.4, 0.5) is 0 Å². The van der Waals surface area contributed by atoms with Crippen molar-refractivity contribution >= 4 is 16.8 Å². The van der Waals surface area contributed by atoms with Crippen LogP contribution in [0.5, 0.6) is 0 Å². The van der Waals surface area contributed by atoms with Crippen LogP contribution in [0.3, 0.4) is 0 Å². The molecule has 0 radical (unpaired) electrons. The van der Waals surface area contributed by atoms with Crippen molar-refractivity contribution in [3.63, 3.8) is 0 Å². The van der Waals surface area contributed by atoms with E-state index >= 15 is 0 Å². The van der Waals surface area contributed by atoms with E-state index in [1.54, 1.807) is 0 Å². The molecule has 1 atom stereocenters. The lowest BCUT2D eigenvalue weighted by molar-refractivity contribution is -0.124. The maximum absolute atomic E-state index is 12.3. The summed E-state index contributed by atoms with van der Waals surface area (Å²) < 4.78 is 1.98. The van der Waals surface area contributed by atoms with Crippen molar-refractivity contribution in [2.45, 2.75) is 38.8 Å². The Balaban J connectivity index is 1.77. The quantitative estimate of drug-likeness (QED) is 0.885. The van der Waals surface area contributed by atoms with Crippen LogP contribution in [0, 0.1) is 12.8 Å². The summed E-state index contributed by atoms with van der Waals surface area (Å²) in [5, 5.41) is 13.8. The Morgan fingerprint density at radius 3 is 2.81 bits per heavy atom. The second kappa shape index (κ2) is 5.19. The number of aromatic nitrogens is 1. The van der Waals surface area contributed by atoms with Crippen molar-refractivity contribution in [3.8, 4) is 0 Å². The summed E-state index contributed by atoms with van der Waals surface area (Å²) in [6.07, 6.45) is 4.18. The van der Waals surface area contributed by atoms with Gasteiger partial charge in [-0.3, -0.25) is 4.79 Å². The maximum Gasteiger partial charge on any atom is 0.240 e. The number of carbonyl (C=O) groups is 1. The zero-order valence-electron chi connectivity index (χ0n) is 12.6. The van der Waals surface area contributed by atoms with E-state index in [2.05, 4.69) is 18.3 Å². The highest BCUT2D eigenvalue weighted by Crippen LogP contribution is 2.39. The molecule has 21 heavy (non-hydrogen) atoms. The molecular weight excluding hydrogens is 264 g/mol. The third kappa shape index (κ3) is 2.68. The highest BCUT2D eigenvalue weighted by Gasteiger charge is 2.42. The summed E-state index contributed by atoms with van der Waals surface area (Å²) in [5.41, 5.74) is 1.77. The largest absolute Gasteiger partial charge is 0.394 e. The molecule has 1 fully saturated rings. The van der Waals surface area contributed by atoms with Crippen LogP contribution >= 0.6 is 0 Å². The van der Waals surface area contributed by atoms with Crippen LogP contribution in [0.15, 0.2) is 30.5 Å². The Morgan fingerprint density at radius 2 is 2.14 bits per heavy atom. The van der Waals surface area contributed by atoms with Crippen molar-refractivity contribution in [3.05, 3.63) is 36.0 Å². The molecule has 0 saturated heterocycles. The standard InChI is InChI=1S/C17H22N2O2/c1-12-9-19(15-6-4-3-5-14(12)15)10-16(21)18-17(2,11-20)13-7-8-13/h3-6,9,13,20H,7-8,10-11H2,1-2H3,(H,18,21). The summed E-state index contributed by atoms with van der Waals surface area (Å²) in [6, 6.07) is 8.09. The topological polar surface area (TPSA) is 54.3 Å². The monoisotopic (exact) mass is 286 g/mol. The number of aliphatic hydroxyl groups is 1. The molecule has 4 nitrogen and oxygen atoms in total. The fourth-order valence-corrected chi connectivity index (χ4v) is 3.07. The number of hydrogen-bond donors (Lipinski definition) is 2. The van der Waals surface area contributed by atoms with Gasteiger partial charge in [0.15, 0.2) is 0 Å². The van der Waals surface area contributed by atoms with E-state index in [9.17, 15) is 9.90 Å². The summed E-state index contributed by atoms with van der Waals surface area (Å²) in [7, 11) is 0. The number of rotatable bonds is 5. The molecule has 0 aliphatic heterocycles.